The van der Waals surface area contributed by atoms with Crippen molar-refractivity contribution in [2.24, 2.45) is 7.05 Å². The monoisotopic (exact) mass is 227 g/mol. The van der Waals surface area contributed by atoms with Gasteiger partial charge < -0.3 is 14.8 Å². The number of aromatic nitrogens is 2. The molecule has 1 unspecified atom stereocenters. The van der Waals surface area contributed by atoms with E-state index in [4.69, 9.17) is 9.47 Å². The molecule has 0 saturated carbocycles. The highest BCUT2D eigenvalue weighted by Gasteiger charge is 2.23. The second-order valence-electron chi connectivity index (χ2n) is 3.49. The van der Waals surface area contributed by atoms with Crippen LogP contribution in [0.25, 0.3) is 0 Å². The summed E-state index contributed by atoms with van der Waals surface area (Å²) in [5, 5.41) is 7.35. The molecule has 0 fully saturated rings. The molecule has 0 bridgehead atoms. The third-order valence-electron chi connectivity index (χ3n) is 2.33. The van der Waals surface area contributed by atoms with Gasteiger partial charge in [0.2, 0.25) is 0 Å². The summed E-state index contributed by atoms with van der Waals surface area (Å²) in [6, 6.07) is 0.00796. The lowest BCUT2D eigenvalue weighted by Gasteiger charge is -2.25. The average molecular weight is 227 g/mol. The van der Waals surface area contributed by atoms with Gasteiger partial charge in [-0.1, -0.05) is 0 Å². The van der Waals surface area contributed by atoms with Crippen molar-refractivity contribution in [2.45, 2.75) is 26.2 Å². The number of aryl methyl sites for hydroxylation is 1. The van der Waals surface area contributed by atoms with Crippen molar-refractivity contribution in [3.05, 3.63) is 18.0 Å². The molecular formula is C11H21N3O2. The molecule has 5 nitrogen and oxygen atoms in total. The summed E-state index contributed by atoms with van der Waals surface area (Å²) in [6.07, 6.45) is 3.52. The fraction of sp³-hybridized carbons (Fsp3) is 0.727. The highest BCUT2D eigenvalue weighted by atomic mass is 16.7. The first-order valence-corrected chi connectivity index (χ1v) is 5.61. The van der Waals surface area contributed by atoms with E-state index < -0.39 is 0 Å². The van der Waals surface area contributed by atoms with Gasteiger partial charge in [0.05, 0.1) is 12.2 Å². The molecule has 1 aromatic heterocycles. The number of ether oxygens (including phenoxy) is 2. The van der Waals surface area contributed by atoms with E-state index >= 15 is 0 Å². The summed E-state index contributed by atoms with van der Waals surface area (Å²) in [7, 11) is 3.79. The van der Waals surface area contributed by atoms with Crippen molar-refractivity contribution < 1.29 is 9.47 Å². The molecule has 5 heteroatoms. The summed E-state index contributed by atoms with van der Waals surface area (Å²) >= 11 is 0. The lowest BCUT2D eigenvalue weighted by Crippen LogP contribution is -2.33. The van der Waals surface area contributed by atoms with E-state index in [9.17, 15) is 0 Å². The Morgan fingerprint density at radius 1 is 1.38 bits per heavy atom. The van der Waals surface area contributed by atoms with E-state index in [0.29, 0.717) is 13.2 Å². The SMILES string of the molecule is CCOC(OCC)C(NC)c1cnn(C)c1. The second-order valence-corrected chi connectivity index (χ2v) is 3.49. The molecular weight excluding hydrogens is 206 g/mol. The molecule has 1 rings (SSSR count). The van der Waals surface area contributed by atoms with Crippen LogP contribution in [0.1, 0.15) is 25.5 Å². The van der Waals surface area contributed by atoms with Gasteiger partial charge in [0, 0.05) is 32.0 Å². The summed E-state index contributed by atoms with van der Waals surface area (Å²) in [4.78, 5) is 0. The van der Waals surface area contributed by atoms with Crippen LogP contribution in [-0.4, -0.2) is 36.3 Å². The van der Waals surface area contributed by atoms with Crippen molar-refractivity contribution >= 4 is 0 Å². The third-order valence-corrected chi connectivity index (χ3v) is 2.33. The van der Waals surface area contributed by atoms with Gasteiger partial charge in [0.1, 0.15) is 0 Å². The van der Waals surface area contributed by atoms with Gasteiger partial charge >= 0.3 is 0 Å². The van der Waals surface area contributed by atoms with E-state index in [1.54, 1.807) is 4.68 Å². The fourth-order valence-electron chi connectivity index (χ4n) is 1.63. The topological polar surface area (TPSA) is 48.3 Å². The Morgan fingerprint density at radius 2 is 2.00 bits per heavy atom. The molecule has 0 amide bonds. The van der Waals surface area contributed by atoms with Crippen LogP contribution in [0.15, 0.2) is 12.4 Å². The highest BCUT2D eigenvalue weighted by Crippen LogP contribution is 2.19. The summed E-state index contributed by atoms with van der Waals surface area (Å²) in [5.74, 6) is 0. The Bertz CT molecular complexity index is 295. The summed E-state index contributed by atoms with van der Waals surface area (Å²) < 4.78 is 12.9. The van der Waals surface area contributed by atoms with E-state index in [-0.39, 0.29) is 12.3 Å². The van der Waals surface area contributed by atoms with Crippen LogP contribution in [-0.2, 0) is 16.5 Å². The van der Waals surface area contributed by atoms with Crippen molar-refractivity contribution in [1.82, 2.24) is 15.1 Å². The van der Waals surface area contributed by atoms with Crippen molar-refractivity contribution in [2.75, 3.05) is 20.3 Å². The zero-order valence-electron chi connectivity index (χ0n) is 10.4. The van der Waals surface area contributed by atoms with Gasteiger partial charge in [0.25, 0.3) is 0 Å². The van der Waals surface area contributed by atoms with Crippen LogP contribution < -0.4 is 5.32 Å². The molecule has 1 heterocycles. The molecule has 0 aliphatic carbocycles. The number of nitrogens with one attached hydrogen (secondary N) is 1. The maximum atomic E-state index is 5.58. The predicted molar refractivity (Wildman–Crippen MR) is 62.0 cm³/mol. The quantitative estimate of drug-likeness (QED) is 0.708. The standard InChI is InChI=1S/C11H21N3O2/c1-5-15-11(16-6-2)10(12-3)9-7-13-14(4)8-9/h7-8,10-12H,5-6H2,1-4H3. The second kappa shape index (κ2) is 6.62. The van der Waals surface area contributed by atoms with Gasteiger partial charge in [-0.2, -0.15) is 5.10 Å². The minimum atomic E-state index is -0.274. The average Bonchev–Trinajstić information content (AvgIpc) is 2.67. The van der Waals surface area contributed by atoms with E-state index in [0.717, 1.165) is 5.56 Å². The Hall–Kier alpha value is -0.910. The van der Waals surface area contributed by atoms with Crippen LogP contribution >= 0.6 is 0 Å². The molecule has 92 valence electrons. The highest BCUT2D eigenvalue weighted by molar-refractivity contribution is 5.11. The third kappa shape index (κ3) is 3.30. The van der Waals surface area contributed by atoms with Gasteiger partial charge in [-0.3, -0.25) is 4.68 Å². The first kappa shape index (κ1) is 13.2. The van der Waals surface area contributed by atoms with Crippen LogP contribution in [0, 0.1) is 0 Å². The number of likely N-dealkylation sites (N-methyl/N-ethyl adjacent to an activating group) is 1. The molecule has 0 aliphatic heterocycles. The molecule has 0 saturated heterocycles. The van der Waals surface area contributed by atoms with Crippen LogP contribution in [0.5, 0.6) is 0 Å². The molecule has 1 N–H and O–H groups in total. The van der Waals surface area contributed by atoms with Gasteiger partial charge in [-0.15, -0.1) is 0 Å². The summed E-state index contributed by atoms with van der Waals surface area (Å²) in [5.41, 5.74) is 1.07. The number of rotatable bonds is 7. The molecule has 0 radical (unpaired) electrons. The smallest absolute Gasteiger partial charge is 0.176 e. The van der Waals surface area contributed by atoms with E-state index in [1.165, 1.54) is 0 Å². The molecule has 1 atom stereocenters. The normalized spacial score (nSPS) is 13.3. The van der Waals surface area contributed by atoms with Gasteiger partial charge in [-0.05, 0) is 20.9 Å². The molecule has 1 aromatic rings. The molecule has 0 spiro atoms. The fourth-order valence-corrected chi connectivity index (χ4v) is 1.63. The van der Waals surface area contributed by atoms with Crippen molar-refractivity contribution in [3.63, 3.8) is 0 Å². The zero-order chi connectivity index (χ0) is 12.0. The Morgan fingerprint density at radius 3 is 2.38 bits per heavy atom. The molecule has 0 aromatic carbocycles. The largest absolute Gasteiger partial charge is 0.351 e. The maximum Gasteiger partial charge on any atom is 0.176 e. The molecule has 0 aliphatic rings. The minimum Gasteiger partial charge on any atom is -0.351 e. The van der Waals surface area contributed by atoms with Crippen LogP contribution in [0.3, 0.4) is 0 Å². The number of hydrogen-bond donors (Lipinski definition) is 1. The lowest BCUT2D eigenvalue weighted by molar-refractivity contribution is -0.154. The Balaban J connectivity index is 2.76. The van der Waals surface area contributed by atoms with Crippen molar-refractivity contribution in [3.8, 4) is 0 Å². The van der Waals surface area contributed by atoms with Crippen LogP contribution in [0.2, 0.25) is 0 Å². The maximum absolute atomic E-state index is 5.58. The van der Waals surface area contributed by atoms with Gasteiger partial charge in [0.15, 0.2) is 6.29 Å². The zero-order valence-corrected chi connectivity index (χ0v) is 10.4. The lowest BCUT2D eigenvalue weighted by atomic mass is 10.1. The van der Waals surface area contributed by atoms with Crippen LogP contribution in [0.4, 0.5) is 0 Å². The Kier molecular flexibility index (Phi) is 5.45. The van der Waals surface area contributed by atoms with E-state index in [2.05, 4.69) is 10.4 Å². The number of hydrogen-bond acceptors (Lipinski definition) is 4. The molecule has 16 heavy (non-hydrogen) atoms. The van der Waals surface area contributed by atoms with E-state index in [1.807, 2.05) is 40.3 Å². The predicted octanol–water partition coefficient (Wildman–Crippen LogP) is 1.08. The van der Waals surface area contributed by atoms with Crippen molar-refractivity contribution in [1.29, 1.82) is 0 Å². The summed E-state index contributed by atoms with van der Waals surface area (Å²) in [6.45, 7) is 5.18. The first-order chi connectivity index (χ1) is 7.72. The van der Waals surface area contributed by atoms with Gasteiger partial charge in [-0.25, -0.2) is 0 Å². The Labute approximate surface area is 96.7 Å². The first-order valence-electron chi connectivity index (χ1n) is 5.61. The number of nitrogens with zero attached hydrogens (tertiary/aromatic N) is 2. The minimum absolute atomic E-state index is 0.00796.